The minimum atomic E-state index is -0.125. The Morgan fingerprint density at radius 3 is 2.62 bits per heavy atom. The van der Waals surface area contributed by atoms with Crippen LogP contribution in [-0.4, -0.2) is 4.57 Å². The molecule has 0 saturated heterocycles. The van der Waals surface area contributed by atoms with E-state index in [1.165, 1.54) is 0 Å². The summed E-state index contributed by atoms with van der Waals surface area (Å²) in [4.78, 5) is 12.7. The largest absolute Gasteiger partial charge is 0.385 e. The number of nitrogen functional groups attached to an aromatic ring is 1. The average molecular weight is 343 g/mol. The van der Waals surface area contributed by atoms with E-state index in [-0.39, 0.29) is 11.6 Å². The number of rotatable bonds is 2. The lowest BCUT2D eigenvalue weighted by Crippen LogP contribution is -2.26. The van der Waals surface area contributed by atoms with Crippen molar-refractivity contribution >= 4 is 32.5 Å². The van der Waals surface area contributed by atoms with Gasteiger partial charge in [-0.2, -0.15) is 0 Å². The van der Waals surface area contributed by atoms with E-state index >= 15 is 0 Å². The molecule has 21 heavy (non-hydrogen) atoms. The standard InChI is InChI=1S/C17H15BrN2O/c1-11(12-6-4-7-14(18)9-12)20-16(19)10-13-5-2-3-8-15(13)17(20)21/h2-11H,19H2,1H3. The van der Waals surface area contributed by atoms with E-state index in [0.29, 0.717) is 11.2 Å². The molecule has 0 amide bonds. The van der Waals surface area contributed by atoms with Crippen molar-refractivity contribution in [1.82, 2.24) is 4.57 Å². The van der Waals surface area contributed by atoms with Crippen molar-refractivity contribution in [1.29, 1.82) is 0 Å². The molecule has 0 spiro atoms. The van der Waals surface area contributed by atoms with Gasteiger partial charge >= 0.3 is 0 Å². The summed E-state index contributed by atoms with van der Waals surface area (Å²) < 4.78 is 2.63. The van der Waals surface area contributed by atoms with Crippen LogP contribution in [0.5, 0.6) is 0 Å². The number of fused-ring (bicyclic) bond motifs is 1. The number of hydrogen-bond acceptors (Lipinski definition) is 2. The molecule has 3 rings (SSSR count). The van der Waals surface area contributed by atoms with Gasteiger partial charge in [0.25, 0.3) is 5.56 Å². The highest BCUT2D eigenvalue weighted by molar-refractivity contribution is 9.10. The summed E-state index contributed by atoms with van der Waals surface area (Å²) in [6.07, 6.45) is 0. The minimum Gasteiger partial charge on any atom is -0.385 e. The van der Waals surface area contributed by atoms with Crippen LogP contribution in [0.2, 0.25) is 0 Å². The first kappa shape index (κ1) is 13.9. The molecule has 1 unspecified atom stereocenters. The number of pyridine rings is 1. The summed E-state index contributed by atoms with van der Waals surface area (Å²) in [6, 6.07) is 17.2. The van der Waals surface area contributed by atoms with Gasteiger partial charge in [-0.15, -0.1) is 0 Å². The number of anilines is 1. The predicted octanol–water partition coefficient (Wildman–Crippen LogP) is 3.96. The molecule has 106 valence electrons. The molecule has 0 aliphatic carbocycles. The lowest BCUT2D eigenvalue weighted by atomic mass is 10.1. The van der Waals surface area contributed by atoms with E-state index < -0.39 is 0 Å². The molecule has 0 fully saturated rings. The fourth-order valence-electron chi connectivity index (χ4n) is 2.61. The van der Waals surface area contributed by atoms with Gasteiger partial charge in [0.2, 0.25) is 0 Å². The van der Waals surface area contributed by atoms with Crippen molar-refractivity contribution < 1.29 is 0 Å². The van der Waals surface area contributed by atoms with Crippen LogP contribution in [0.15, 0.2) is 63.9 Å². The SMILES string of the molecule is CC(c1cccc(Br)c1)n1c(N)cc2ccccc2c1=O. The van der Waals surface area contributed by atoms with Gasteiger partial charge in [0.1, 0.15) is 5.82 Å². The van der Waals surface area contributed by atoms with Gasteiger partial charge in [-0.05, 0) is 42.1 Å². The van der Waals surface area contributed by atoms with E-state index in [0.717, 1.165) is 15.4 Å². The normalized spacial score (nSPS) is 12.5. The maximum absolute atomic E-state index is 12.7. The van der Waals surface area contributed by atoms with E-state index in [4.69, 9.17) is 5.73 Å². The molecule has 0 aliphatic heterocycles. The number of aromatic nitrogens is 1. The number of nitrogens with zero attached hydrogens (tertiary/aromatic N) is 1. The van der Waals surface area contributed by atoms with Crippen molar-refractivity contribution in [3.05, 3.63) is 75.0 Å². The highest BCUT2D eigenvalue weighted by Gasteiger charge is 2.14. The number of benzene rings is 2. The molecular formula is C17H15BrN2O. The van der Waals surface area contributed by atoms with Crippen molar-refractivity contribution in [2.75, 3.05) is 5.73 Å². The molecule has 4 heteroatoms. The van der Waals surface area contributed by atoms with Crippen LogP contribution >= 0.6 is 15.9 Å². The van der Waals surface area contributed by atoms with Crippen LogP contribution in [0.1, 0.15) is 18.5 Å². The quantitative estimate of drug-likeness (QED) is 0.766. The second-order valence-corrected chi connectivity index (χ2v) is 5.98. The van der Waals surface area contributed by atoms with Gasteiger partial charge in [-0.3, -0.25) is 9.36 Å². The molecule has 2 aromatic carbocycles. The molecule has 0 saturated carbocycles. The second kappa shape index (κ2) is 5.37. The minimum absolute atomic E-state index is 0.0573. The lowest BCUT2D eigenvalue weighted by Gasteiger charge is -2.19. The van der Waals surface area contributed by atoms with Crippen molar-refractivity contribution in [3.63, 3.8) is 0 Å². The molecule has 2 N–H and O–H groups in total. The van der Waals surface area contributed by atoms with Crippen LogP contribution in [-0.2, 0) is 0 Å². The summed E-state index contributed by atoms with van der Waals surface area (Å²) in [5.74, 6) is 0.478. The van der Waals surface area contributed by atoms with Crippen molar-refractivity contribution in [3.8, 4) is 0 Å². The third-order valence-corrected chi connectivity index (χ3v) is 4.20. The molecule has 1 heterocycles. The summed E-state index contributed by atoms with van der Waals surface area (Å²) in [5.41, 5.74) is 7.09. The smallest absolute Gasteiger partial charge is 0.260 e. The first-order valence-electron chi connectivity index (χ1n) is 6.73. The number of halogens is 1. The van der Waals surface area contributed by atoms with Gasteiger partial charge in [0.15, 0.2) is 0 Å². The number of nitrogens with two attached hydrogens (primary N) is 1. The third-order valence-electron chi connectivity index (χ3n) is 3.71. The summed E-state index contributed by atoms with van der Waals surface area (Å²) in [7, 11) is 0. The fraction of sp³-hybridized carbons (Fsp3) is 0.118. The number of hydrogen-bond donors (Lipinski definition) is 1. The van der Waals surface area contributed by atoms with Crippen LogP contribution in [0.25, 0.3) is 10.8 Å². The Morgan fingerprint density at radius 2 is 1.86 bits per heavy atom. The van der Waals surface area contributed by atoms with Gasteiger partial charge < -0.3 is 5.73 Å². The highest BCUT2D eigenvalue weighted by Crippen LogP contribution is 2.24. The first-order chi connectivity index (χ1) is 10.1. The lowest BCUT2D eigenvalue weighted by molar-refractivity contribution is 0.629. The first-order valence-corrected chi connectivity index (χ1v) is 7.52. The molecule has 3 nitrogen and oxygen atoms in total. The molecule has 3 aromatic rings. The fourth-order valence-corrected chi connectivity index (χ4v) is 3.03. The maximum Gasteiger partial charge on any atom is 0.260 e. The van der Waals surface area contributed by atoms with E-state index in [1.54, 1.807) is 4.57 Å². The van der Waals surface area contributed by atoms with Crippen molar-refractivity contribution in [2.24, 2.45) is 0 Å². The molecule has 1 atom stereocenters. The topological polar surface area (TPSA) is 48.0 Å². The van der Waals surface area contributed by atoms with Crippen molar-refractivity contribution in [2.45, 2.75) is 13.0 Å². The Bertz CT molecular complexity index is 870. The Hall–Kier alpha value is -2.07. The maximum atomic E-state index is 12.7. The molecule has 0 radical (unpaired) electrons. The van der Waals surface area contributed by atoms with Crippen LogP contribution in [0.3, 0.4) is 0 Å². The zero-order chi connectivity index (χ0) is 15.0. The molecule has 0 bridgehead atoms. The summed E-state index contributed by atoms with van der Waals surface area (Å²) in [5, 5.41) is 1.56. The Balaban J connectivity index is 2.22. The van der Waals surface area contributed by atoms with Crippen LogP contribution in [0.4, 0.5) is 5.82 Å². The molecular weight excluding hydrogens is 328 g/mol. The van der Waals surface area contributed by atoms with Gasteiger partial charge in [-0.1, -0.05) is 46.3 Å². The zero-order valence-corrected chi connectivity index (χ0v) is 13.2. The Kier molecular flexibility index (Phi) is 3.55. The highest BCUT2D eigenvalue weighted by atomic mass is 79.9. The summed E-state index contributed by atoms with van der Waals surface area (Å²) >= 11 is 3.46. The average Bonchev–Trinajstić information content (AvgIpc) is 2.47. The van der Waals surface area contributed by atoms with Gasteiger partial charge in [0, 0.05) is 9.86 Å². The Labute approximate surface area is 131 Å². The van der Waals surface area contributed by atoms with Crippen LogP contribution in [0, 0.1) is 0 Å². The second-order valence-electron chi connectivity index (χ2n) is 5.06. The monoisotopic (exact) mass is 342 g/mol. The zero-order valence-electron chi connectivity index (χ0n) is 11.6. The van der Waals surface area contributed by atoms with E-state index in [9.17, 15) is 4.79 Å². The summed E-state index contributed by atoms with van der Waals surface area (Å²) in [6.45, 7) is 1.98. The van der Waals surface area contributed by atoms with E-state index in [2.05, 4.69) is 15.9 Å². The van der Waals surface area contributed by atoms with Gasteiger partial charge in [0.05, 0.1) is 6.04 Å². The Morgan fingerprint density at radius 1 is 1.10 bits per heavy atom. The van der Waals surface area contributed by atoms with Crippen LogP contribution < -0.4 is 11.3 Å². The van der Waals surface area contributed by atoms with Gasteiger partial charge in [-0.25, -0.2) is 0 Å². The van der Waals surface area contributed by atoms with E-state index in [1.807, 2.05) is 61.5 Å². The molecule has 1 aromatic heterocycles. The third kappa shape index (κ3) is 2.47. The molecule has 0 aliphatic rings. The predicted molar refractivity (Wildman–Crippen MR) is 90.6 cm³/mol.